The number of amidine groups is 5. The van der Waals surface area contributed by atoms with Crippen molar-refractivity contribution in [3.05, 3.63) is 355 Å². The number of aliphatic imine (C=N–C) groups is 5. The lowest BCUT2D eigenvalue weighted by Gasteiger charge is -2.38. The van der Waals surface area contributed by atoms with Crippen LogP contribution in [-0.2, 0) is 55.8 Å². The summed E-state index contributed by atoms with van der Waals surface area (Å²) in [5, 5.41) is 17.1. The lowest BCUT2D eigenvalue weighted by atomic mass is 9.88. The predicted octanol–water partition coefficient (Wildman–Crippen LogP) is 16.9. The monoisotopic (exact) mass is 1890 g/mol. The first-order valence-electron chi connectivity index (χ1n) is 49.6. The molecule has 0 spiro atoms. The van der Waals surface area contributed by atoms with E-state index in [1.807, 2.05) is 60.7 Å². The van der Waals surface area contributed by atoms with E-state index in [4.69, 9.17) is 48.6 Å². The molecule has 0 aromatic heterocycles. The molecule has 0 amide bonds. The highest BCUT2D eigenvalue weighted by Crippen LogP contribution is 2.45. The van der Waals surface area contributed by atoms with Crippen LogP contribution in [0.1, 0.15) is 146 Å². The highest BCUT2D eigenvalue weighted by molar-refractivity contribution is 7.93. The Kier molecular flexibility index (Phi) is 30.1. The van der Waals surface area contributed by atoms with Gasteiger partial charge in [-0.25, -0.2) is 46.9 Å². The van der Waals surface area contributed by atoms with Gasteiger partial charge in [-0.05, 0) is 271 Å². The smallest absolute Gasteiger partial charge is 0.288 e. The minimum absolute atomic E-state index is 0.00903. The number of fused-ring (bicyclic) bond motifs is 5. The van der Waals surface area contributed by atoms with Crippen molar-refractivity contribution >= 4 is 42.3 Å². The molecule has 0 saturated carbocycles. The lowest BCUT2D eigenvalue weighted by molar-refractivity contribution is 0.215. The molecular weight excluding hydrogens is 1770 g/mol. The summed E-state index contributed by atoms with van der Waals surface area (Å²) in [7, 11) is 0. The van der Waals surface area contributed by atoms with Crippen LogP contribution >= 0.6 is 12.1 Å². The molecular formula is C111H123F6N15O5S. The van der Waals surface area contributed by atoms with Crippen molar-refractivity contribution < 1.29 is 49.5 Å². The van der Waals surface area contributed by atoms with Crippen LogP contribution in [0.3, 0.4) is 0 Å². The standard InChI is InChI=1S/5C22H24FN3O.CH3FS/c5*23-18-7-5-16(6-8-18)21-19-4-2-1-3-15(19)10-12-26(21)22-25-20(14-27-22)17-9-11-24-13-17;1-3-2/h5*1-8,17,20-21,24H,9-14H2;1H3/t17?,20?,21-;17-,20+,21+;17-,20+,21-;17-,20-,21+;17-,20-,21-;/m01010./s1. The van der Waals surface area contributed by atoms with E-state index in [-0.39, 0.29) is 102 Å². The second kappa shape index (κ2) is 44.2. The van der Waals surface area contributed by atoms with E-state index in [0.29, 0.717) is 62.6 Å². The van der Waals surface area contributed by atoms with Gasteiger partial charge in [-0.15, -0.1) is 0 Å². The van der Waals surface area contributed by atoms with Crippen LogP contribution < -0.4 is 26.6 Å². The van der Waals surface area contributed by atoms with E-state index in [1.165, 1.54) is 123 Å². The van der Waals surface area contributed by atoms with Gasteiger partial charge in [0.2, 0.25) is 0 Å². The molecule has 138 heavy (non-hydrogen) atoms. The maximum absolute atomic E-state index is 13.5. The number of benzene rings is 10. The number of nitrogens with zero attached hydrogens (tertiary/aromatic N) is 10. The topological polar surface area (TPSA) is 184 Å². The Bertz CT molecular complexity index is 5090. The van der Waals surface area contributed by atoms with E-state index in [9.17, 15) is 25.8 Å². The minimum atomic E-state index is -0.211. The van der Waals surface area contributed by atoms with Crippen molar-refractivity contribution in [2.75, 3.05) is 137 Å². The molecule has 15 aliphatic heterocycles. The average Bonchev–Trinajstić information content (AvgIpc) is 1.40. The third-order valence-electron chi connectivity index (χ3n) is 30.1. The molecule has 15 aliphatic rings. The fourth-order valence-corrected chi connectivity index (χ4v) is 22.8. The Hall–Kier alpha value is -11.7. The van der Waals surface area contributed by atoms with E-state index in [1.54, 1.807) is 0 Å². The van der Waals surface area contributed by atoms with Gasteiger partial charge in [-0.2, -0.15) is 3.89 Å². The van der Waals surface area contributed by atoms with Gasteiger partial charge in [0.15, 0.2) is 0 Å². The van der Waals surface area contributed by atoms with Crippen molar-refractivity contribution in [3.63, 3.8) is 0 Å². The second-order valence-electron chi connectivity index (χ2n) is 38.4. The van der Waals surface area contributed by atoms with Gasteiger partial charge < -0.3 is 74.8 Å². The highest BCUT2D eigenvalue weighted by atomic mass is 32.2. The first-order valence-corrected chi connectivity index (χ1v) is 50.7. The minimum Gasteiger partial charge on any atom is -0.463 e. The van der Waals surface area contributed by atoms with Gasteiger partial charge >= 0.3 is 0 Å². The first-order chi connectivity index (χ1) is 67.9. The molecule has 0 radical (unpaired) electrons. The third kappa shape index (κ3) is 21.2. The second-order valence-corrected chi connectivity index (χ2v) is 38.7. The molecule has 10 aromatic carbocycles. The Morgan fingerprint density at radius 1 is 0.254 bits per heavy atom. The van der Waals surface area contributed by atoms with Crippen molar-refractivity contribution in [2.45, 2.75) is 125 Å². The molecule has 5 saturated heterocycles. The highest BCUT2D eigenvalue weighted by Gasteiger charge is 2.45. The van der Waals surface area contributed by atoms with Gasteiger partial charge in [0.05, 0.1) is 60.4 Å². The number of halogens is 6. The van der Waals surface area contributed by atoms with Gasteiger partial charge in [-0.1, -0.05) is 182 Å². The summed E-state index contributed by atoms with van der Waals surface area (Å²) in [6.45, 7) is 18.1. The largest absolute Gasteiger partial charge is 0.463 e. The number of hydrogen-bond acceptors (Lipinski definition) is 21. The molecule has 10 aromatic rings. The summed E-state index contributed by atoms with van der Waals surface area (Å²) >= 11 is 0.250. The molecule has 25 rings (SSSR count). The summed E-state index contributed by atoms with van der Waals surface area (Å²) in [6.07, 6.45) is 12.0. The zero-order valence-corrected chi connectivity index (χ0v) is 79.0. The fraction of sp³-hybridized carbons (Fsp3) is 0.414. The number of rotatable bonds is 10. The van der Waals surface area contributed by atoms with Crippen LogP contribution in [0.25, 0.3) is 0 Å². The summed E-state index contributed by atoms with van der Waals surface area (Å²) < 4.78 is 108. The van der Waals surface area contributed by atoms with Crippen molar-refractivity contribution in [1.29, 1.82) is 0 Å². The Balaban J connectivity index is 0.000000106. The molecule has 27 heteroatoms. The maximum Gasteiger partial charge on any atom is 0.288 e. The summed E-state index contributed by atoms with van der Waals surface area (Å²) in [4.78, 5) is 36.1. The normalized spacial score (nSPS) is 26.8. The summed E-state index contributed by atoms with van der Waals surface area (Å²) in [5.41, 5.74) is 18.4. The quantitative estimate of drug-likeness (QED) is 0.0814. The Morgan fingerprint density at radius 2 is 0.420 bits per heavy atom. The van der Waals surface area contributed by atoms with Crippen LogP contribution in [0.2, 0.25) is 0 Å². The Labute approximate surface area is 810 Å². The molecule has 5 fully saturated rings. The number of ether oxygens (including phenoxy) is 5. The predicted molar refractivity (Wildman–Crippen MR) is 531 cm³/mol. The molecule has 0 bridgehead atoms. The zero-order valence-electron chi connectivity index (χ0n) is 78.2. The van der Waals surface area contributed by atoms with Crippen LogP contribution in [0.5, 0.6) is 0 Å². The fourth-order valence-electron chi connectivity index (χ4n) is 22.8. The van der Waals surface area contributed by atoms with Crippen molar-refractivity contribution in [2.24, 2.45) is 54.6 Å². The Morgan fingerprint density at radius 3 is 0.580 bits per heavy atom. The van der Waals surface area contributed by atoms with Crippen molar-refractivity contribution in [1.82, 2.24) is 51.1 Å². The van der Waals surface area contributed by atoms with Crippen LogP contribution in [0.15, 0.2) is 268 Å². The molecule has 5 N–H and O–H groups in total. The van der Waals surface area contributed by atoms with Gasteiger partial charge in [0.1, 0.15) is 62.1 Å². The number of hydrogen-bond donors (Lipinski definition) is 5. The first kappa shape index (κ1) is 93.9. The molecule has 20 nitrogen and oxygen atoms in total. The van der Waals surface area contributed by atoms with E-state index in [2.05, 4.69) is 172 Å². The zero-order chi connectivity index (χ0) is 93.8. The van der Waals surface area contributed by atoms with Gasteiger partial charge in [0, 0.05) is 83.9 Å². The van der Waals surface area contributed by atoms with Crippen LogP contribution in [0.4, 0.5) is 25.8 Å². The van der Waals surface area contributed by atoms with E-state index in [0.717, 1.165) is 220 Å². The van der Waals surface area contributed by atoms with Crippen molar-refractivity contribution in [3.8, 4) is 0 Å². The molecule has 15 heterocycles. The van der Waals surface area contributed by atoms with E-state index >= 15 is 0 Å². The van der Waals surface area contributed by atoms with Gasteiger partial charge in [0.25, 0.3) is 30.1 Å². The van der Waals surface area contributed by atoms with Crippen LogP contribution in [0, 0.1) is 58.7 Å². The summed E-state index contributed by atoms with van der Waals surface area (Å²) in [6, 6.07) is 81.7. The van der Waals surface area contributed by atoms with E-state index < -0.39 is 0 Å². The SMILES string of the molecule is CSF.Fc1ccc([C@H]2c3ccccc3CCN2C2=NC(C3CCNC3)CO2)cc1.Fc1ccc([C@H]2c3ccccc3CCN2C2=N[C@@H]([C@@H]3CCNC3)CO2)cc1.Fc1ccc([C@H]2c3ccccc3CCN2C2=N[C@@H]([C@H]3CCNC3)CO2)cc1.Fc1ccc([C@H]2c3ccccc3CCN2C2=N[C@H]([C@@H]3CCNC3)CO2)cc1.Fc1ccc([C@H]2c3ccccc3CCN2C2=N[C@H]([C@H]3CCNC3)CO2)cc1. The van der Waals surface area contributed by atoms with Crippen LogP contribution in [-0.4, -0.2) is 222 Å². The average molecular weight is 1890 g/mol. The summed E-state index contributed by atoms with van der Waals surface area (Å²) in [5.74, 6) is 1.74. The molecule has 720 valence electrons. The molecule has 15 atom stereocenters. The van der Waals surface area contributed by atoms with Gasteiger partial charge in [-0.3, -0.25) is 0 Å². The maximum atomic E-state index is 13.5. The molecule has 2 unspecified atom stereocenters. The number of nitrogens with one attached hydrogen (secondary N) is 5. The molecule has 0 aliphatic carbocycles. The third-order valence-corrected chi connectivity index (χ3v) is 30.1. The lowest BCUT2D eigenvalue weighted by Crippen LogP contribution is -2.40.